The average molecular weight is 314 g/mol. The second-order valence-corrected chi connectivity index (χ2v) is 4.73. The number of hydrogen-bond acceptors (Lipinski definition) is 4. The van der Waals surface area contributed by atoms with E-state index in [1.54, 1.807) is 24.3 Å². The first kappa shape index (κ1) is 16.4. The highest BCUT2D eigenvalue weighted by molar-refractivity contribution is 5.95. The van der Waals surface area contributed by atoms with Gasteiger partial charge in [-0.25, -0.2) is 9.18 Å². The van der Waals surface area contributed by atoms with Crippen molar-refractivity contribution in [1.29, 1.82) is 0 Å². The third-order valence-corrected chi connectivity index (χ3v) is 3.05. The fourth-order valence-corrected chi connectivity index (χ4v) is 1.88. The van der Waals surface area contributed by atoms with Crippen LogP contribution in [0, 0.1) is 5.82 Å². The molecule has 0 amide bonds. The van der Waals surface area contributed by atoms with E-state index in [4.69, 9.17) is 9.47 Å². The van der Waals surface area contributed by atoms with E-state index in [9.17, 15) is 14.0 Å². The largest absolute Gasteiger partial charge is 0.494 e. The Kier molecular flexibility index (Phi) is 5.25. The van der Waals surface area contributed by atoms with Gasteiger partial charge in [-0.3, -0.25) is 4.79 Å². The average Bonchev–Trinajstić information content (AvgIpc) is 2.53. The van der Waals surface area contributed by atoms with E-state index in [-0.39, 0.29) is 17.3 Å². The van der Waals surface area contributed by atoms with Crippen LogP contribution >= 0.6 is 0 Å². The monoisotopic (exact) mass is 314 g/mol. The first-order chi connectivity index (χ1) is 11.0. The zero-order chi connectivity index (χ0) is 16.8. The molecule has 0 bridgehead atoms. The van der Waals surface area contributed by atoms with E-state index in [1.165, 1.54) is 44.4 Å². The number of carbonyl (C=O) groups excluding carboxylic acids is 2. The van der Waals surface area contributed by atoms with Crippen molar-refractivity contribution in [3.8, 4) is 11.5 Å². The highest BCUT2D eigenvalue weighted by Crippen LogP contribution is 2.19. The van der Waals surface area contributed by atoms with Crippen LogP contribution in [0.4, 0.5) is 4.39 Å². The van der Waals surface area contributed by atoms with E-state index < -0.39 is 11.8 Å². The molecule has 118 valence electrons. The summed E-state index contributed by atoms with van der Waals surface area (Å²) >= 11 is 0. The predicted octanol–water partition coefficient (Wildman–Crippen LogP) is 3.66. The molecule has 2 aromatic carbocycles. The summed E-state index contributed by atoms with van der Waals surface area (Å²) in [5.74, 6) is -0.856. The van der Waals surface area contributed by atoms with Gasteiger partial charge in [0.2, 0.25) is 0 Å². The van der Waals surface area contributed by atoms with Crippen molar-refractivity contribution >= 4 is 17.8 Å². The summed E-state index contributed by atoms with van der Waals surface area (Å²) in [7, 11) is 1.38. The minimum absolute atomic E-state index is 0.118. The molecule has 0 heterocycles. The van der Waals surface area contributed by atoms with Crippen LogP contribution in [0.3, 0.4) is 0 Å². The molecule has 0 atom stereocenters. The van der Waals surface area contributed by atoms with Crippen molar-refractivity contribution in [3.63, 3.8) is 0 Å². The molecule has 0 fully saturated rings. The smallest absolute Gasteiger partial charge is 0.336 e. The van der Waals surface area contributed by atoms with Gasteiger partial charge in [-0.05, 0) is 42.8 Å². The van der Waals surface area contributed by atoms with Crippen LogP contribution < -0.4 is 9.47 Å². The van der Waals surface area contributed by atoms with Gasteiger partial charge in [0.1, 0.15) is 5.75 Å². The number of methoxy groups -OCH3 is 1. The third-order valence-electron chi connectivity index (χ3n) is 3.05. The Morgan fingerprint density at radius 3 is 2.57 bits per heavy atom. The number of ketones is 1. The van der Waals surface area contributed by atoms with Crippen LogP contribution in [0.2, 0.25) is 0 Å². The molecule has 0 spiro atoms. The van der Waals surface area contributed by atoms with Crippen molar-refractivity contribution in [2.45, 2.75) is 6.92 Å². The molecule has 0 radical (unpaired) electrons. The third kappa shape index (κ3) is 4.51. The summed E-state index contributed by atoms with van der Waals surface area (Å²) in [6, 6.07) is 10.7. The van der Waals surface area contributed by atoms with Gasteiger partial charge in [0.05, 0.1) is 7.11 Å². The number of halogens is 1. The lowest BCUT2D eigenvalue weighted by molar-refractivity contribution is -0.128. The molecule has 4 nitrogen and oxygen atoms in total. The van der Waals surface area contributed by atoms with Crippen molar-refractivity contribution in [1.82, 2.24) is 0 Å². The lowest BCUT2D eigenvalue weighted by Crippen LogP contribution is -2.04. The van der Waals surface area contributed by atoms with Gasteiger partial charge in [-0.15, -0.1) is 0 Å². The van der Waals surface area contributed by atoms with E-state index >= 15 is 0 Å². The predicted molar refractivity (Wildman–Crippen MR) is 84.1 cm³/mol. The Bertz CT molecular complexity index is 765. The minimum atomic E-state index is -0.623. The number of carbonyl (C=O) groups is 2. The Morgan fingerprint density at radius 1 is 1.13 bits per heavy atom. The van der Waals surface area contributed by atoms with Gasteiger partial charge in [0, 0.05) is 11.6 Å². The van der Waals surface area contributed by atoms with E-state index in [0.29, 0.717) is 11.1 Å². The molecule has 23 heavy (non-hydrogen) atoms. The molecular weight excluding hydrogens is 299 g/mol. The summed E-state index contributed by atoms with van der Waals surface area (Å²) in [4.78, 5) is 23.0. The first-order valence-electron chi connectivity index (χ1n) is 6.84. The maximum absolute atomic E-state index is 13.5. The number of hydrogen-bond donors (Lipinski definition) is 0. The summed E-state index contributed by atoms with van der Waals surface area (Å²) in [5, 5.41) is 0. The number of rotatable bonds is 5. The van der Waals surface area contributed by atoms with Gasteiger partial charge in [-0.1, -0.05) is 18.2 Å². The SMILES string of the molecule is COc1ccc(/C=C/C(=O)Oc2cccc(C(C)=O)c2)cc1F. The Balaban J connectivity index is 2.05. The zero-order valence-corrected chi connectivity index (χ0v) is 12.7. The van der Waals surface area contributed by atoms with E-state index in [0.717, 1.165) is 0 Å². The molecule has 0 aromatic heterocycles. The highest BCUT2D eigenvalue weighted by atomic mass is 19.1. The Labute approximate surface area is 133 Å². The maximum atomic E-state index is 13.5. The molecule has 0 N–H and O–H groups in total. The van der Waals surface area contributed by atoms with Gasteiger partial charge >= 0.3 is 5.97 Å². The van der Waals surface area contributed by atoms with Crippen LogP contribution in [0.1, 0.15) is 22.8 Å². The fraction of sp³-hybridized carbons (Fsp3) is 0.111. The van der Waals surface area contributed by atoms with Gasteiger partial charge in [0.15, 0.2) is 17.3 Å². The Hall–Kier alpha value is -2.95. The number of benzene rings is 2. The quantitative estimate of drug-likeness (QED) is 0.366. The molecular formula is C18H15FO4. The molecule has 2 rings (SSSR count). The van der Waals surface area contributed by atoms with Gasteiger partial charge in [0.25, 0.3) is 0 Å². The van der Waals surface area contributed by atoms with Crippen LogP contribution in [0.25, 0.3) is 6.08 Å². The van der Waals surface area contributed by atoms with Crippen LogP contribution in [0.15, 0.2) is 48.5 Å². The lowest BCUT2D eigenvalue weighted by Gasteiger charge is -2.03. The molecule has 0 aliphatic carbocycles. The first-order valence-corrected chi connectivity index (χ1v) is 6.84. The maximum Gasteiger partial charge on any atom is 0.336 e. The number of esters is 1. The summed E-state index contributed by atoms with van der Waals surface area (Å²) < 4.78 is 23.5. The summed E-state index contributed by atoms with van der Waals surface area (Å²) in [6.45, 7) is 1.43. The topological polar surface area (TPSA) is 52.6 Å². The minimum Gasteiger partial charge on any atom is -0.494 e. The van der Waals surface area contributed by atoms with Crippen LogP contribution in [-0.4, -0.2) is 18.9 Å². The van der Waals surface area contributed by atoms with Crippen LogP contribution in [-0.2, 0) is 4.79 Å². The lowest BCUT2D eigenvalue weighted by atomic mass is 10.1. The second kappa shape index (κ2) is 7.35. The van der Waals surface area contributed by atoms with Crippen molar-refractivity contribution in [2.24, 2.45) is 0 Å². The highest BCUT2D eigenvalue weighted by Gasteiger charge is 2.05. The van der Waals surface area contributed by atoms with Crippen molar-refractivity contribution in [2.75, 3.05) is 7.11 Å². The van der Waals surface area contributed by atoms with Crippen LogP contribution in [0.5, 0.6) is 11.5 Å². The van der Waals surface area contributed by atoms with Crippen molar-refractivity contribution in [3.05, 3.63) is 65.5 Å². The van der Waals surface area contributed by atoms with Gasteiger partial charge < -0.3 is 9.47 Å². The molecule has 0 unspecified atom stereocenters. The molecule has 0 saturated heterocycles. The zero-order valence-electron chi connectivity index (χ0n) is 12.7. The molecule has 0 aliphatic rings. The molecule has 0 saturated carbocycles. The molecule has 2 aromatic rings. The van der Waals surface area contributed by atoms with Gasteiger partial charge in [-0.2, -0.15) is 0 Å². The molecule has 5 heteroatoms. The second-order valence-electron chi connectivity index (χ2n) is 4.73. The Morgan fingerprint density at radius 2 is 1.91 bits per heavy atom. The molecule has 0 aliphatic heterocycles. The van der Waals surface area contributed by atoms with E-state index in [1.807, 2.05) is 0 Å². The van der Waals surface area contributed by atoms with Crippen molar-refractivity contribution < 1.29 is 23.5 Å². The fourth-order valence-electron chi connectivity index (χ4n) is 1.88. The summed E-state index contributed by atoms with van der Waals surface area (Å²) in [5.41, 5.74) is 0.953. The number of ether oxygens (including phenoxy) is 2. The van der Waals surface area contributed by atoms with E-state index in [2.05, 4.69) is 0 Å². The summed E-state index contributed by atoms with van der Waals surface area (Å²) in [6.07, 6.45) is 2.61. The standard InChI is InChI=1S/C18H15FO4/c1-12(20)14-4-3-5-15(11-14)23-18(21)9-7-13-6-8-17(22-2)16(19)10-13/h3-11H,1-2H3/b9-7+. The normalized spacial score (nSPS) is 10.6. The number of Topliss-reactive ketones (excluding diaryl/α,β-unsaturated/α-hetero) is 1.